The molecule has 0 aromatic heterocycles. The van der Waals surface area contributed by atoms with Crippen molar-refractivity contribution in [3.05, 3.63) is 35.9 Å². The SMILES string of the molecule is O=C(NC1CCN(C(=O)C2CCCCC2)CC1)[C@@H](OCC(F)(F)F)c1ccccc1. The third kappa shape index (κ3) is 6.45. The van der Waals surface area contributed by atoms with Gasteiger partial charge in [-0.05, 0) is 31.2 Å². The van der Waals surface area contributed by atoms with Gasteiger partial charge in [-0.25, -0.2) is 0 Å². The number of hydrogen-bond acceptors (Lipinski definition) is 3. The number of amides is 2. The molecule has 1 aliphatic heterocycles. The zero-order chi connectivity index (χ0) is 21.6. The van der Waals surface area contributed by atoms with Crippen molar-refractivity contribution in [3.63, 3.8) is 0 Å². The Morgan fingerprint density at radius 1 is 1.03 bits per heavy atom. The van der Waals surface area contributed by atoms with Crippen molar-refractivity contribution in [2.75, 3.05) is 19.7 Å². The Bertz CT molecular complexity index is 697. The van der Waals surface area contributed by atoms with Crippen LogP contribution in [0.3, 0.4) is 0 Å². The maximum atomic E-state index is 12.7. The second-order valence-electron chi connectivity index (χ2n) is 8.16. The van der Waals surface area contributed by atoms with Crippen molar-refractivity contribution in [1.82, 2.24) is 10.2 Å². The summed E-state index contributed by atoms with van der Waals surface area (Å²) in [6, 6.07) is 8.00. The van der Waals surface area contributed by atoms with Gasteiger partial charge in [0.15, 0.2) is 6.10 Å². The monoisotopic (exact) mass is 426 g/mol. The third-order valence-electron chi connectivity index (χ3n) is 5.86. The number of ether oxygens (including phenoxy) is 1. The molecule has 0 spiro atoms. The number of alkyl halides is 3. The van der Waals surface area contributed by atoms with Crippen molar-refractivity contribution in [2.45, 2.75) is 63.3 Å². The van der Waals surface area contributed by atoms with E-state index in [-0.39, 0.29) is 17.9 Å². The summed E-state index contributed by atoms with van der Waals surface area (Å²) in [4.78, 5) is 27.2. The number of piperidine rings is 1. The molecule has 3 rings (SSSR count). The lowest BCUT2D eigenvalue weighted by atomic mass is 9.87. The van der Waals surface area contributed by atoms with Crippen LogP contribution in [-0.4, -0.2) is 48.6 Å². The van der Waals surface area contributed by atoms with Gasteiger partial charge in [-0.15, -0.1) is 0 Å². The molecule has 1 aromatic carbocycles. The number of nitrogens with zero attached hydrogens (tertiary/aromatic N) is 1. The van der Waals surface area contributed by atoms with Gasteiger partial charge >= 0.3 is 6.18 Å². The zero-order valence-electron chi connectivity index (χ0n) is 17.0. The number of halogens is 3. The Labute approximate surface area is 175 Å². The van der Waals surface area contributed by atoms with Gasteiger partial charge in [0.05, 0.1) is 0 Å². The minimum Gasteiger partial charge on any atom is -0.354 e. The summed E-state index contributed by atoms with van der Waals surface area (Å²) in [7, 11) is 0. The molecule has 166 valence electrons. The molecular formula is C22H29F3N2O3. The molecule has 0 radical (unpaired) electrons. The van der Waals surface area contributed by atoms with Crippen LogP contribution in [0.1, 0.15) is 56.6 Å². The molecule has 1 saturated heterocycles. The van der Waals surface area contributed by atoms with Gasteiger partial charge in [0.25, 0.3) is 5.91 Å². The summed E-state index contributed by atoms with van der Waals surface area (Å²) in [5.74, 6) is -0.263. The summed E-state index contributed by atoms with van der Waals surface area (Å²) in [5, 5.41) is 2.82. The average Bonchev–Trinajstić information content (AvgIpc) is 2.74. The molecule has 8 heteroatoms. The summed E-state index contributed by atoms with van der Waals surface area (Å²) in [6.07, 6.45) is 0.624. The summed E-state index contributed by atoms with van der Waals surface area (Å²) >= 11 is 0. The lowest BCUT2D eigenvalue weighted by molar-refractivity contribution is -0.188. The quantitative estimate of drug-likeness (QED) is 0.748. The van der Waals surface area contributed by atoms with Gasteiger partial charge < -0.3 is 15.0 Å². The van der Waals surface area contributed by atoms with Crippen LogP contribution in [0.15, 0.2) is 30.3 Å². The summed E-state index contributed by atoms with van der Waals surface area (Å²) in [6.45, 7) is -0.381. The molecule has 2 amide bonds. The first-order valence-electron chi connectivity index (χ1n) is 10.7. The van der Waals surface area contributed by atoms with Gasteiger partial charge in [-0.3, -0.25) is 9.59 Å². The van der Waals surface area contributed by atoms with Crippen molar-refractivity contribution in [1.29, 1.82) is 0 Å². The molecule has 2 fully saturated rings. The summed E-state index contributed by atoms with van der Waals surface area (Å²) in [5.41, 5.74) is 0.379. The highest BCUT2D eigenvalue weighted by molar-refractivity contribution is 5.82. The van der Waals surface area contributed by atoms with E-state index >= 15 is 0 Å². The maximum Gasteiger partial charge on any atom is 0.411 e. The fourth-order valence-corrected chi connectivity index (χ4v) is 4.26. The molecule has 0 unspecified atom stereocenters. The van der Waals surface area contributed by atoms with Crippen LogP contribution in [0, 0.1) is 5.92 Å². The third-order valence-corrected chi connectivity index (χ3v) is 5.86. The first-order chi connectivity index (χ1) is 14.3. The van der Waals surface area contributed by atoms with E-state index in [9.17, 15) is 22.8 Å². The molecule has 1 heterocycles. The Morgan fingerprint density at radius 3 is 2.27 bits per heavy atom. The van der Waals surface area contributed by atoms with E-state index in [4.69, 9.17) is 4.74 Å². The van der Waals surface area contributed by atoms with Crippen molar-refractivity contribution in [2.24, 2.45) is 5.92 Å². The number of likely N-dealkylation sites (tertiary alicyclic amines) is 1. The minimum atomic E-state index is -4.52. The number of rotatable bonds is 6. The lowest BCUT2D eigenvalue weighted by Gasteiger charge is -2.36. The van der Waals surface area contributed by atoms with Gasteiger partial charge in [-0.1, -0.05) is 49.6 Å². The molecular weight excluding hydrogens is 397 g/mol. The van der Waals surface area contributed by atoms with Crippen molar-refractivity contribution < 1.29 is 27.5 Å². The van der Waals surface area contributed by atoms with Crippen LogP contribution in [-0.2, 0) is 14.3 Å². The van der Waals surface area contributed by atoms with E-state index in [1.807, 2.05) is 4.90 Å². The van der Waals surface area contributed by atoms with E-state index in [2.05, 4.69) is 5.32 Å². The van der Waals surface area contributed by atoms with Crippen LogP contribution in [0.2, 0.25) is 0 Å². The zero-order valence-corrected chi connectivity index (χ0v) is 17.0. The van der Waals surface area contributed by atoms with Crippen molar-refractivity contribution in [3.8, 4) is 0 Å². The average molecular weight is 426 g/mol. The predicted molar refractivity (Wildman–Crippen MR) is 106 cm³/mol. The largest absolute Gasteiger partial charge is 0.411 e. The first kappa shape index (κ1) is 22.6. The van der Waals surface area contributed by atoms with E-state index < -0.39 is 24.8 Å². The molecule has 1 saturated carbocycles. The smallest absolute Gasteiger partial charge is 0.354 e. The Kier molecular flexibility index (Phi) is 7.75. The number of carbonyl (C=O) groups excluding carboxylic acids is 2. The molecule has 1 aromatic rings. The summed E-state index contributed by atoms with van der Waals surface area (Å²) < 4.78 is 42.8. The molecule has 5 nitrogen and oxygen atoms in total. The minimum absolute atomic E-state index is 0.114. The Balaban J connectivity index is 1.54. The highest BCUT2D eigenvalue weighted by Gasteiger charge is 2.34. The topological polar surface area (TPSA) is 58.6 Å². The van der Waals surface area contributed by atoms with Crippen LogP contribution in [0.4, 0.5) is 13.2 Å². The molecule has 1 aliphatic carbocycles. The number of benzene rings is 1. The van der Waals surface area contributed by atoms with Crippen molar-refractivity contribution >= 4 is 11.8 Å². The van der Waals surface area contributed by atoms with Crippen LogP contribution in [0.5, 0.6) is 0 Å². The molecule has 2 aliphatic rings. The van der Waals surface area contributed by atoms with E-state index in [1.54, 1.807) is 30.3 Å². The van der Waals surface area contributed by atoms with E-state index in [1.165, 1.54) is 6.42 Å². The number of nitrogens with one attached hydrogen (secondary N) is 1. The standard InChI is InChI=1S/C22H29F3N2O3/c23-22(24,25)15-30-19(16-7-3-1-4-8-16)20(28)26-18-11-13-27(14-12-18)21(29)17-9-5-2-6-10-17/h1,3-4,7-8,17-19H,2,5-6,9-15H2,(H,26,28)/t19-/m0/s1. The normalized spacial score (nSPS) is 20.0. The fourth-order valence-electron chi connectivity index (χ4n) is 4.26. The maximum absolute atomic E-state index is 12.7. The van der Waals surface area contributed by atoms with E-state index in [0.717, 1.165) is 25.7 Å². The van der Waals surface area contributed by atoms with Crippen LogP contribution in [0.25, 0.3) is 0 Å². The lowest BCUT2D eigenvalue weighted by Crippen LogP contribution is -2.49. The highest BCUT2D eigenvalue weighted by atomic mass is 19.4. The van der Waals surface area contributed by atoms with Gasteiger partial charge in [0.1, 0.15) is 6.61 Å². The number of hydrogen-bond donors (Lipinski definition) is 1. The van der Waals surface area contributed by atoms with Crippen LogP contribution < -0.4 is 5.32 Å². The first-order valence-corrected chi connectivity index (χ1v) is 10.7. The molecule has 30 heavy (non-hydrogen) atoms. The fraction of sp³-hybridized carbons (Fsp3) is 0.636. The number of carbonyl (C=O) groups is 2. The Hall–Kier alpha value is -2.09. The Morgan fingerprint density at radius 2 is 1.67 bits per heavy atom. The molecule has 1 N–H and O–H groups in total. The van der Waals surface area contributed by atoms with E-state index in [0.29, 0.717) is 31.5 Å². The second-order valence-corrected chi connectivity index (χ2v) is 8.16. The second kappa shape index (κ2) is 10.3. The molecule has 0 bridgehead atoms. The molecule has 1 atom stereocenters. The van der Waals surface area contributed by atoms with Gasteiger partial charge in [-0.2, -0.15) is 13.2 Å². The highest BCUT2D eigenvalue weighted by Crippen LogP contribution is 2.27. The van der Waals surface area contributed by atoms with Crippen LogP contribution >= 0.6 is 0 Å². The van der Waals surface area contributed by atoms with Gasteiger partial charge in [0.2, 0.25) is 5.91 Å². The van der Waals surface area contributed by atoms with Gasteiger partial charge in [0, 0.05) is 25.0 Å². The predicted octanol–water partition coefficient (Wildman–Crippen LogP) is 3.99.